The minimum Gasteiger partial charge on any atom is -0.348 e. The Morgan fingerprint density at radius 1 is 1.50 bits per heavy atom. The molecule has 22 heavy (non-hydrogen) atoms. The zero-order valence-corrected chi connectivity index (χ0v) is 13.3. The highest BCUT2D eigenvalue weighted by molar-refractivity contribution is 6.30. The Hall–Kier alpha value is -1.43. The number of H-pyrrole nitrogens is 1. The number of imidazole rings is 1. The standard InChI is InChI=1S/C16H20ClFN4/c1-22-7-4-12(9-19-10-15-20-5-6-21-15)16(22)11-2-3-13(17)14(18)8-11/h2-3,5-6,8,12,16,19H,4,7,9-10H2,1H3,(H,20,21)/t12-,16-/m0/s1. The van der Waals surface area contributed by atoms with E-state index in [2.05, 4.69) is 27.2 Å². The van der Waals surface area contributed by atoms with Crippen molar-refractivity contribution < 1.29 is 4.39 Å². The highest BCUT2D eigenvalue weighted by Crippen LogP contribution is 2.36. The van der Waals surface area contributed by atoms with Crippen molar-refractivity contribution in [3.05, 3.63) is 52.8 Å². The summed E-state index contributed by atoms with van der Waals surface area (Å²) >= 11 is 5.79. The van der Waals surface area contributed by atoms with Crippen molar-refractivity contribution in [3.63, 3.8) is 0 Å². The normalized spacial score (nSPS) is 22.3. The summed E-state index contributed by atoms with van der Waals surface area (Å²) in [6.45, 7) is 2.61. The van der Waals surface area contributed by atoms with Gasteiger partial charge in [0.15, 0.2) is 0 Å². The fraction of sp³-hybridized carbons (Fsp3) is 0.438. The topological polar surface area (TPSA) is 44.0 Å². The monoisotopic (exact) mass is 322 g/mol. The van der Waals surface area contributed by atoms with Gasteiger partial charge in [0.25, 0.3) is 0 Å². The number of nitrogens with zero attached hydrogens (tertiary/aromatic N) is 2. The molecule has 2 N–H and O–H groups in total. The number of nitrogens with one attached hydrogen (secondary N) is 2. The summed E-state index contributed by atoms with van der Waals surface area (Å²) < 4.78 is 13.7. The van der Waals surface area contributed by atoms with Crippen LogP contribution in [-0.4, -0.2) is 35.0 Å². The molecule has 0 saturated carbocycles. The first-order valence-electron chi connectivity index (χ1n) is 7.49. The summed E-state index contributed by atoms with van der Waals surface area (Å²) in [5.74, 6) is 1.03. The molecule has 6 heteroatoms. The number of benzene rings is 1. The van der Waals surface area contributed by atoms with Crippen LogP contribution >= 0.6 is 11.6 Å². The van der Waals surface area contributed by atoms with Crippen LogP contribution in [0.2, 0.25) is 5.02 Å². The first-order valence-corrected chi connectivity index (χ1v) is 7.87. The lowest BCUT2D eigenvalue weighted by atomic mass is 9.93. The Labute approximate surface area is 134 Å². The van der Waals surface area contributed by atoms with E-state index in [0.717, 1.165) is 37.4 Å². The van der Waals surface area contributed by atoms with Crippen LogP contribution in [0.25, 0.3) is 0 Å². The number of hydrogen-bond acceptors (Lipinski definition) is 3. The quantitative estimate of drug-likeness (QED) is 0.889. The van der Waals surface area contributed by atoms with Gasteiger partial charge in [-0.05, 0) is 43.6 Å². The molecule has 0 bridgehead atoms. The number of hydrogen-bond donors (Lipinski definition) is 2. The number of halogens is 2. The van der Waals surface area contributed by atoms with Crippen molar-refractivity contribution in [1.29, 1.82) is 0 Å². The lowest BCUT2D eigenvalue weighted by Crippen LogP contribution is -2.28. The fourth-order valence-electron chi connectivity index (χ4n) is 3.23. The zero-order chi connectivity index (χ0) is 15.5. The molecule has 1 saturated heterocycles. The average Bonchev–Trinajstić information content (AvgIpc) is 3.13. The maximum atomic E-state index is 13.7. The Morgan fingerprint density at radius 2 is 2.36 bits per heavy atom. The summed E-state index contributed by atoms with van der Waals surface area (Å²) in [4.78, 5) is 9.56. The van der Waals surface area contributed by atoms with Crippen LogP contribution in [-0.2, 0) is 6.54 Å². The number of likely N-dealkylation sites (tertiary alicyclic amines) is 1. The van der Waals surface area contributed by atoms with Crippen molar-refractivity contribution in [2.45, 2.75) is 19.0 Å². The van der Waals surface area contributed by atoms with Gasteiger partial charge in [0.05, 0.1) is 11.6 Å². The van der Waals surface area contributed by atoms with Crippen LogP contribution < -0.4 is 5.32 Å². The number of rotatable bonds is 5. The molecule has 0 amide bonds. The van der Waals surface area contributed by atoms with Gasteiger partial charge in [0.2, 0.25) is 0 Å². The molecule has 1 aliphatic heterocycles. The third kappa shape index (κ3) is 3.32. The van der Waals surface area contributed by atoms with Gasteiger partial charge in [0.1, 0.15) is 11.6 Å². The van der Waals surface area contributed by atoms with Gasteiger partial charge >= 0.3 is 0 Å². The summed E-state index contributed by atoms with van der Waals surface area (Å²) in [6.07, 6.45) is 4.66. The van der Waals surface area contributed by atoms with E-state index in [1.807, 2.05) is 12.3 Å². The maximum absolute atomic E-state index is 13.7. The molecule has 0 spiro atoms. The average molecular weight is 323 g/mol. The van der Waals surface area contributed by atoms with Gasteiger partial charge in [-0.2, -0.15) is 0 Å². The largest absolute Gasteiger partial charge is 0.348 e. The highest BCUT2D eigenvalue weighted by atomic mass is 35.5. The molecule has 2 atom stereocenters. The Morgan fingerprint density at radius 3 is 3.09 bits per heavy atom. The summed E-state index contributed by atoms with van der Waals surface area (Å²) in [6, 6.07) is 5.35. The minimum absolute atomic E-state index is 0.178. The molecule has 0 radical (unpaired) electrons. The second-order valence-electron chi connectivity index (χ2n) is 5.81. The maximum Gasteiger partial charge on any atom is 0.142 e. The summed E-state index contributed by atoms with van der Waals surface area (Å²) in [7, 11) is 2.09. The summed E-state index contributed by atoms with van der Waals surface area (Å²) in [5.41, 5.74) is 0.992. The molecule has 0 unspecified atom stereocenters. The van der Waals surface area contributed by atoms with E-state index in [4.69, 9.17) is 11.6 Å². The third-order valence-electron chi connectivity index (χ3n) is 4.31. The van der Waals surface area contributed by atoms with Crippen LogP contribution in [0.1, 0.15) is 23.9 Å². The molecule has 2 heterocycles. The number of aromatic nitrogens is 2. The van der Waals surface area contributed by atoms with Gasteiger partial charge in [0, 0.05) is 25.0 Å². The van der Waals surface area contributed by atoms with E-state index >= 15 is 0 Å². The van der Waals surface area contributed by atoms with Crippen molar-refractivity contribution >= 4 is 11.6 Å². The number of aromatic amines is 1. The molecule has 1 aliphatic rings. The molecule has 118 valence electrons. The first kappa shape index (κ1) is 15.5. The first-order chi connectivity index (χ1) is 10.6. The molecule has 1 fully saturated rings. The van der Waals surface area contributed by atoms with Gasteiger partial charge in [-0.15, -0.1) is 0 Å². The third-order valence-corrected chi connectivity index (χ3v) is 4.62. The molecule has 2 aromatic rings. The molecule has 0 aliphatic carbocycles. The van der Waals surface area contributed by atoms with Gasteiger partial charge < -0.3 is 10.3 Å². The van der Waals surface area contributed by atoms with Crippen molar-refractivity contribution in [2.75, 3.05) is 20.1 Å². The Bertz CT molecular complexity index is 617. The van der Waals surface area contributed by atoms with Crippen LogP contribution in [0, 0.1) is 11.7 Å². The van der Waals surface area contributed by atoms with E-state index < -0.39 is 0 Å². The second-order valence-corrected chi connectivity index (χ2v) is 6.22. The lowest BCUT2D eigenvalue weighted by molar-refractivity contribution is 0.271. The van der Waals surface area contributed by atoms with Crippen LogP contribution in [0.3, 0.4) is 0 Å². The Kier molecular flexibility index (Phi) is 4.76. The zero-order valence-electron chi connectivity index (χ0n) is 12.5. The van der Waals surface area contributed by atoms with Crippen LogP contribution in [0.5, 0.6) is 0 Å². The highest BCUT2D eigenvalue weighted by Gasteiger charge is 2.32. The van der Waals surface area contributed by atoms with E-state index in [1.165, 1.54) is 0 Å². The predicted molar refractivity (Wildman–Crippen MR) is 85.2 cm³/mol. The lowest BCUT2D eigenvalue weighted by Gasteiger charge is -2.26. The predicted octanol–water partition coefficient (Wildman–Crippen LogP) is 2.98. The van der Waals surface area contributed by atoms with Gasteiger partial charge in [-0.1, -0.05) is 17.7 Å². The SMILES string of the molecule is CN1CC[C@@H](CNCc2ncc[nH]2)[C@@H]1c1ccc(Cl)c(F)c1. The van der Waals surface area contributed by atoms with Crippen molar-refractivity contribution in [2.24, 2.45) is 5.92 Å². The van der Waals surface area contributed by atoms with Gasteiger partial charge in [-0.3, -0.25) is 4.90 Å². The molecule has 1 aromatic carbocycles. The van der Waals surface area contributed by atoms with E-state index in [9.17, 15) is 4.39 Å². The van der Waals surface area contributed by atoms with Crippen LogP contribution in [0.15, 0.2) is 30.6 Å². The van der Waals surface area contributed by atoms with Crippen LogP contribution in [0.4, 0.5) is 4.39 Å². The van der Waals surface area contributed by atoms with E-state index in [-0.39, 0.29) is 16.9 Å². The van der Waals surface area contributed by atoms with Gasteiger partial charge in [-0.25, -0.2) is 9.37 Å². The molecular weight excluding hydrogens is 303 g/mol. The van der Waals surface area contributed by atoms with E-state index in [1.54, 1.807) is 18.3 Å². The summed E-state index contributed by atoms with van der Waals surface area (Å²) in [5, 5.41) is 3.61. The molecular formula is C16H20ClFN4. The van der Waals surface area contributed by atoms with Crippen molar-refractivity contribution in [3.8, 4) is 0 Å². The molecule has 3 rings (SSSR count). The second kappa shape index (κ2) is 6.77. The molecule has 4 nitrogen and oxygen atoms in total. The minimum atomic E-state index is -0.346. The Balaban J connectivity index is 1.66. The molecule has 1 aromatic heterocycles. The fourth-order valence-corrected chi connectivity index (χ4v) is 3.35. The van der Waals surface area contributed by atoms with Crippen molar-refractivity contribution in [1.82, 2.24) is 20.2 Å². The smallest absolute Gasteiger partial charge is 0.142 e. The van der Waals surface area contributed by atoms with E-state index in [0.29, 0.717) is 5.92 Å².